The van der Waals surface area contributed by atoms with Gasteiger partial charge in [-0.3, -0.25) is 0 Å². The van der Waals surface area contributed by atoms with Crippen LogP contribution in [0.1, 0.15) is 13.3 Å². The summed E-state index contributed by atoms with van der Waals surface area (Å²) in [5, 5.41) is 3.26. The average Bonchev–Trinajstić information content (AvgIpc) is 2.67. The summed E-state index contributed by atoms with van der Waals surface area (Å²) in [7, 11) is 4.13. The van der Waals surface area contributed by atoms with E-state index < -0.39 is 0 Å². The van der Waals surface area contributed by atoms with Gasteiger partial charge in [0.15, 0.2) is 5.58 Å². The predicted molar refractivity (Wildman–Crippen MR) is 74.7 cm³/mol. The van der Waals surface area contributed by atoms with Gasteiger partial charge in [-0.15, -0.1) is 0 Å². The highest BCUT2D eigenvalue weighted by molar-refractivity contribution is 5.78. The van der Waals surface area contributed by atoms with Gasteiger partial charge in [0.05, 0.1) is 0 Å². The Morgan fingerprint density at radius 2 is 2.22 bits per heavy atom. The smallest absolute Gasteiger partial charge is 0.295 e. The van der Waals surface area contributed by atoms with Crippen LogP contribution in [0.25, 0.3) is 11.1 Å². The third kappa shape index (κ3) is 3.13. The Balaban J connectivity index is 2.03. The second-order valence-electron chi connectivity index (χ2n) is 4.88. The normalized spacial score (nSPS) is 13.1. The molecule has 1 unspecified atom stereocenters. The van der Waals surface area contributed by atoms with E-state index in [1.807, 2.05) is 18.2 Å². The number of fused-ring (bicyclic) bond motifs is 1. The first kappa shape index (κ1) is 12.7. The van der Waals surface area contributed by atoms with E-state index >= 15 is 0 Å². The first-order valence-corrected chi connectivity index (χ1v) is 6.12. The zero-order valence-corrected chi connectivity index (χ0v) is 11.1. The van der Waals surface area contributed by atoms with Gasteiger partial charge in [0, 0.05) is 11.7 Å². The van der Waals surface area contributed by atoms with Crippen molar-refractivity contribution in [2.24, 2.45) is 0 Å². The van der Waals surface area contributed by atoms with Crippen LogP contribution in [0.2, 0.25) is 0 Å². The van der Waals surface area contributed by atoms with Crippen molar-refractivity contribution in [3.63, 3.8) is 0 Å². The number of anilines is 2. The molecule has 98 valence electrons. The second-order valence-corrected chi connectivity index (χ2v) is 4.88. The number of nitrogens with two attached hydrogens (primary N) is 1. The molecule has 0 aliphatic carbocycles. The number of oxazole rings is 1. The molecule has 0 aliphatic heterocycles. The first-order chi connectivity index (χ1) is 8.54. The fraction of sp³-hybridized carbons (Fsp3) is 0.462. The van der Waals surface area contributed by atoms with E-state index in [0.717, 1.165) is 24.1 Å². The van der Waals surface area contributed by atoms with Gasteiger partial charge in [0.1, 0.15) is 5.52 Å². The van der Waals surface area contributed by atoms with Gasteiger partial charge in [-0.05, 0) is 52.2 Å². The van der Waals surface area contributed by atoms with Crippen LogP contribution in [-0.2, 0) is 0 Å². The lowest BCUT2D eigenvalue weighted by molar-refractivity contribution is 0.389. The lowest BCUT2D eigenvalue weighted by atomic mass is 10.2. The van der Waals surface area contributed by atoms with Crippen LogP contribution in [-0.4, -0.2) is 36.6 Å². The number of benzene rings is 1. The summed E-state index contributed by atoms with van der Waals surface area (Å²) in [6.45, 7) is 3.15. The van der Waals surface area contributed by atoms with E-state index in [-0.39, 0.29) is 0 Å². The summed E-state index contributed by atoms with van der Waals surface area (Å²) in [5.41, 5.74) is 7.95. The molecule has 18 heavy (non-hydrogen) atoms. The van der Waals surface area contributed by atoms with E-state index in [4.69, 9.17) is 10.2 Å². The average molecular weight is 248 g/mol. The summed E-state index contributed by atoms with van der Waals surface area (Å²) in [6, 6.07) is 6.34. The molecule has 3 N–H and O–H groups in total. The molecule has 2 rings (SSSR count). The van der Waals surface area contributed by atoms with Gasteiger partial charge in [-0.25, -0.2) is 0 Å². The highest BCUT2D eigenvalue weighted by Crippen LogP contribution is 2.21. The largest absolute Gasteiger partial charge is 0.424 e. The van der Waals surface area contributed by atoms with Crippen molar-refractivity contribution in [2.75, 3.05) is 31.7 Å². The minimum absolute atomic E-state index is 0.317. The van der Waals surface area contributed by atoms with Crippen LogP contribution in [0.15, 0.2) is 22.6 Å². The summed E-state index contributed by atoms with van der Waals surface area (Å²) in [5.74, 6) is 0. The number of hydrogen-bond donors (Lipinski definition) is 2. The number of nitrogen functional groups attached to an aromatic ring is 1. The fourth-order valence-electron chi connectivity index (χ4n) is 1.74. The van der Waals surface area contributed by atoms with Crippen molar-refractivity contribution >= 4 is 22.8 Å². The minimum atomic E-state index is 0.317. The zero-order valence-electron chi connectivity index (χ0n) is 11.1. The number of nitrogens with zero attached hydrogens (tertiary/aromatic N) is 2. The maximum absolute atomic E-state index is 5.71. The van der Waals surface area contributed by atoms with Crippen molar-refractivity contribution in [3.05, 3.63) is 18.2 Å². The molecule has 0 spiro atoms. The maximum atomic E-state index is 5.71. The Kier molecular flexibility index (Phi) is 3.72. The number of aromatic nitrogens is 1. The van der Waals surface area contributed by atoms with Gasteiger partial charge >= 0.3 is 0 Å². The summed E-state index contributed by atoms with van der Waals surface area (Å²) < 4.78 is 5.61. The number of hydrogen-bond acceptors (Lipinski definition) is 5. The summed E-state index contributed by atoms with van der Waals surface area (Å²) in [6.07, 6.45) is 1.04. The Morgan fingerprint density at radius 3 is 2.94 bits per heavy atom. The molecule has 0 bridgehead atoms. The van der Waals surface area contributed by atoms with Gasteiger partial charge < -0.3 is 20.4 Å². The van der Waals surface area contributed by atoms with E-state index in [9.17, 15) is 0 Å². The van der Waals surface area contributed by atoms with Gasteiger partial charge in [0.25, 0.3) is 6.01 Å². The second kappa shape index (κ2) is 5.27. The lowest BCUT2D eigenvalue weighted by Gasteiger charge is -2.15. The number of nitrogens with one attached hydrogen (secondary N) is 1. The molecule has 1 aromatic heterocycles. The van der Waals surface area contributed by atoms with Crippen LogP contribution in [0.3, 0.4) is 0 Å². The Hall–Kier alpha value is -1.75. The first-order valence-electron chi connectivity index (χ1n) is 6.12. The molecular weight excluding hydrogens is 228 g/mol. The highest BCUT2D eigenvalue weighted by atomic mass is 16.4. The van der Waals surface area contributed by atoms with Crippen LogP contribution < -0.4 is 11.1 Å². The predicted octanol–water partition coefficient (Wildman–Crippen LogP) is 2.16. The highest BCUT2D eigenvalue weighted by Gasteiger charge is 2.09. The zero-order chi connectivity index (χ0) is 13.1. The van der Waals surface area contributed by atoms with Gasteiger partial charge in [-0.2, -0.15) is 4.98 Å². The van der Waals surface area contributed by atoms with E-state index in [1.165, 1.54) is 0 Å². The van der Waals surface area contributed by atoms with Crippen LogP contribution >= 0.6 is 0 Å². The third-order valence-corrected chi connectivity index (χ3v) is 2.79. The van der Waals surface area contributed by atoms with Crippen molar-refractivity contribution in [2.45, 2.75) is 19.4 Å². The Labute approximate surface area is 107 Å². The molecule has 0 saturated carbocycles. The molecule has 0 amide bonds. The molecule has 0 fully saturated rings. The molecule has 1 heterocycles. The summed E-state index contributed by atoms with van der Waals surface area (Å²) in [4.78, 5) is 6.53. The molecule has 1 aromatic carbocycles. The fourth-order valence-corrected chi connectivity index (χ4v) is 1.74. The molecule has 0 saturated heterocycles. The monoisotopic (exact) mass is 248 g/mol. The molecule has 2 aromatic rings. The van der Waals surface area contributed by atoms with Crippen molar-refractivity contribution in [1.82, 2.24) is 9.88 Å². The quantitative estimate of drug-likeness (QED) is 0.794. The maximum Gasteiger partial charge on any atom is 0.295 e. The standard InChI is InChI=1S/C13H20N4O/c1-9(6-7-17(2)3)15-13-16-11-8-10(14)4-5-12(11)18-13/h4-5,8-9H,6-7,14H2,1-3H3,(H,15,16). The third-order valence-electron chi connectivity index (χ3n) is 2.79. The molecular formula is C13H20N4O. The van der Waals surface area contributed by atoms with E-state index in [1.54, 1.807) is 0 Å². The van der Waals surface area contributed by atoms with Gasteiger partial charge in [-0.1, -0.05) is 0 Å². The van der Waals surface area contributed by atoms with E-state index in [0.29, 0.717) is 17.7 Å². The van der Waals surface area contributed by atoms with Crippen molar-refractivity contribution in [1.29, 1.82) is 0 Å². The summed E-state index contributed by atoms with van der Waals surface area (Å²) >= 11 is 0. The lowest BCUT2D eigenvalue weighted by Crippen LogP contribution is -2.23. The molecule has 5 nitrogen and oxygen atoms in total. The van der Waals surface area contributed by atoms with Crippen LogP contribution in [0.4, 0.5) is 11.7 Å². The van der Waals surface area contributed by atoms with Crippen LogP contribution in [0, 0.1) is 0 Å². The Bertz CT molecular complexity index is 521. The topological polar surface area (TPSA) is 67.3 Å². The minimum Gasteiger partial charge on any atom is -0.424 e. The molecule has 0 aliphatic rings. The Morgan fingerprint density at radius 1 is 1.44 bits per heavy atom. The van der Waals surface area contributed by atoms with Gasteiger partial charge in [0.2, 0.25) is 0 Å². The molecule has 1 atom stereocenters. The van der Waals surface area contributed by atoms with Crippen molar-refractivity contribution < 1.29 is 4.42 Å². The molecule has 0 radical (unpaired) electrons. The van der Waals surface area contributed by atoms with Crippen molar-refractivity contribution in [3.8, 4) is 0 Å². The molecule has 5 heteroatoms. The van der Waals surface area contributed by atoms with E-state index in [2.05, 4.69) is 36.2 Å². The van der Waals surface area contributed by atoms with Crippen LogP contribution in [0.5, 0.6) is 0 Å². The number of rotatable bonds is 5. The SMILES string of the molecule is CC(CCN(C)C)Nc1nc2cc(N)ccc2o1.